The monoisotopic (exact) mass is 326 g/mol. The highest BCUT2D eigenvalue weighted by atomic mass is 19.4. The first-order valence-corrected chi connectivity index (χ1v) is 8.04. The van der Waals surface area contributed by atoms with Gasteiger partial charge in [-0.3, -0.25) is 4.79 Å². The van der Waals surface area contributed by atoms with Crippen molar-refractivity contribution in [2.45, 2.75) is 31.9 Å². The Bertz CT molecular complexity index is 587. The lowest BCUT2D eigenvalue weighted by molar-refractivity contribution is -0.187. The number of benzene rings is 1. The summed E-state index contributed by atoms with van der Waals surface area (Å²) in [5.41, 5.74) is 2.23. The number of hydrogen-bond donors (Lipinski definition) is 0. The maximum atomic E-state index is 12.9. The molecule has 1 aromatic rings. The van der Waals surface area contributed by atoms with Gasteiger partial charge >= 0.3 is 6.18 Å². The number of piperidine rings is 1. The molecular formula is C17H21F3N2O. The number of carbonyl (C=O) groups is 1. The van der Waals surface area contributed by atoms with Crippen LogP contribution in [0.1, 0.15) is 31.2 Å². The van der Waals surface area contributed by atoms with Crippen LogP contribution in [0.25, 0.3) is 0 Å². The number of amides is 1. The molecule has 1 aromatic carbocycles. The highest BCUT2D eigenvalue weighted by molar-refractivity contribution is 5.82. The van der Waals surface area contributed by atoms with Crippen molar-refractivity contribution < 1.29 is 18.0 Å². The first kappa shape index (κ1) is 16.1. The highest BCUT2D eigenvalue weighted by Crippen LogP contribution is 2.36. The standard InChI is InChI=1S/C17H21F3N2O/c1-12-9-22(15-7-3-2-6-14(12)15)11-16(23)21-8-4-5-13(10-21)17(18,19)20/h2-3,6-7,12-13H,4-5,8-11H2,1H3. The molecule has 1 fully saturated rings. The quantitative estimate of drug-likeness (QED) is 0.831. The maximum absolute atomic E-state index is 12.9. The number of anilines is 1. The number of carbonyl (C=O) groups excluding carboxylic acids is 1. The van der Waals surface area contributed by atoms with Crippen LogP contribution in [-0.2, 0) is 4.79 Å². The molecule has 126 valence electrons. The molecule has 3 nitrogen and oxygen atoms in total. The summed E-state index contributed by atoms with van der Waals surface area (Å²) < 4.78 is 38.6. The molecule has 0 aliphatic carbocycles. The number of para-hydroxylation sites is 1. The smallest absolute Gasteiger partial charge is 0.361 e. The van der Waals surface area contributed by atoms with E-state index in [4.69, 9.17) is 0 Å². The number of halogens is 3. The van der Waals surface area contributed by atoms with Gasteiger partial charge in [0.05, 0.1) is 12.5 Å². The van der Waals surface area contributed by atoms with Crippen molar-refractivity contribution >= 4 is 11.6 Å². The van der Waals surface area contributed by atoms with Gasteiger partial charge in [-0.1, -0.05) is 25.1 Å². The zero-order valence-corrected chi connectivity index (χ0v) is 13.1. The van der Waals surface area contributed by atoms with Crippen LogP contribution < -0.4 is 4.90 Å². The normalized spacial score (nSPS) is 24.7. The molecule has 0 spiro atoms. The lowest BCUT2D eigenvalue weighted by Gasteiger charge is -2.35. The van der Waals surface area contributed by atoms with Crippen LogP contribution in [0, 0.1) is 5.92 Å². The van der Waals surface area contributed by atoms with Crippen molar-refractivity contribution in [3.63, 3.8) is 0 Å². The van der Waals surface area contributed by atoms with Gasteiger partial charge in [-0.25, -0.2) is 0 Å². The van der Waals surface area contributed by atoms with E-state index in [1.54, 1.807) is 0 Å². The second-order valence-corrected chi connectivity index (χ2v) is 6.56. The average Bonchev–Trinajstić information content (AvgIpc) is 2.83. The van der Waals surface area contributed by atoms with Gasteiger partial charge in [-0.2, -0.15) is 13.2 Å². The fourth-order valence-electron chi connectivity index (χ4n) is 3.60. The zero-order valence-electron chi connectivity index (χ0n) is 13.1. The lowest BCUT2D eigenvalue weighted by atomic mass is 9.97. The minimum absolute atomic E-state index is 0.122. The van der Waals surface area contributed by atoms with Crippen LogP contribution in [-0.4, -0.2) is 43.2 Å². The fraction of sp³-hybridized carbons (Fsp3) is 0.588. The Hall–Kier alpha value is -1.72. The SMILES string of the molecule is CC1CN(CC(=O)N2CCCC(C(F)(F)F)C2)c2ccccc21. The molecule has 0 saturated carbocycles. The Morgan fingerprint density at radius 1 is 1.26 bits per heavy atom. The van der Waals surface area contributed by atoms with E-state index in [-0.39, 0.29) is 25.4 Å². The molecule has 2 atom stereocenters. The first-order valence-electron chi connectivity index (χ1n) is 8.04. The summed E-state index contributed by atoms with van der Waals surface area (Å²) in [4.78, 5) is 15.8. The van der Waals surface area contributed by atoms with Crippen molar-refractivity contribution in [1.29, 1.82) is 0 Å². The van der Waals surface area contributed by atoms with Crippen LogP contribution in [0.4, 0.5) is 18.9 Å². The minimum Gasteiger partial charge on any atom is -0.361 e. The molecule has 2 heterocycles. The van der Waals surface area contributed by atoms with Crippen molar-refractivity contribution in [2.75, 3.05) is 31.1 Å². The van der Waals surface area contributed by atoms with Crippen molar-refractivity contribution in [3.8, 4) is 0 Å². The molecule has 0 N–H and O–H groups in total. The molecule has 0 aromatic heterocycles. The van der Waals surface area contributed by atoms with E-state index < -0.39 is 12.1 Å². The fourth-order valence-corrected chi connectivity index (χ4v) is 3.60. The molecule has 2 unspecified atom stereocenters. The highest BCUT2D eigenvalue weighted by Gasteiger charge is 2.43. The Kier molecular flexibility index (Phi) is 4.25. The Morgan fingerprint density at radius 2 is 2.00 bits per heavy atom. The van der Waals surface area contributed by atoms with E-state index in [0.29, 0.717) is 18.9 Å². The number of fused-ring (bicyclic) bond motifs is 1. The molecule has 2 aliphatic rings. The third-order valence-electron chi connectivity index (χ3n) is 4.87. The molecule has 1 saturated heterocycles. The summed E-state index contributed by atoms with van der Waals surface area (Å²) in [5.74, 6) is -1.25. The summed E-state index contributed by atoms with van der Waals surface area (Å²) in [6.07, 6.45) is -3.67. The van der Waals surface area contributed by atoms with Crippen molar-refractivity contribution in [2.24, 2.45) is 5.92 Å². The molecule has 6 heteroatoms. The Morgan fingerprint density at radius 3 is 2.74 bits per heavy atom. The van der Waals surface area contributed by atoms with Crippen LogP contribution in [0.3, 0.4) is 0 Å². The first-order chi connectivity index (χ1) is 10.9. The van der Waals surface area contributed by atoms with E-state index in [0.717, 1.165) is 12.2 Å². The second-order valence-electron chi connectivity index (χ2n) is 6.56. The summed E-state index contributed by atoms with van der Waals surface area (Å²) in [6, 6.07) is 7.92. The largest absolute Gasteiger partial charge is 0.393 e. The number of rotatable bonds is 2. The van der Waals surface area contributed by atoms with Gasteiger partial charge in [0.2, 0.25) is 5.91 Å². The predicted molar refractivity (Wildman–Crippen MR) is 82.4 cm³/mol. The van der Waals surface area contributed by atoms with Crippen LogP contribution >= 0.6 is 0 Å². The second kappa shape index (κ2) is 6.06. The van der Waals surface area contributed by atoms with Crippen molar-refractivity contribution in [3.05, 3.63) is 29.8 Å². The van der Waals surface area contributed by atoms with E-state index in [2.05, 4.69) is 6.92 Å². The number of nitrogens with zero attached hydrogens (tertiary/aromatic N) is 2. The van der Waals surface area contributed by atoms with Crippen LogP contribution in [0.15, 0.2) is 24.3 Å². The molecule has 1 amide bonds. The Labute approximate surface area is 134 Å². The summed E-state index contributed by atoms with van der Waals surface area (Å²) in [7, 11) is 0. The molecule has 0 radical (unpaired) electrons. The van der Waals surface area contributed by atoms with Gasteiger partial charge in [-0.05, 0) is 24.5 Å². The van der Waals surface area contributed by atoms with Gasteiger partial charge in [0, 0.05) is 31.2 Å². The minimum atomic E-state index is -4.21. The van der Waals surface area contributed by atoms with Gasteiger partial charge < -0.3 is 9.80 Å². The molecule has 3 rings (SSSR count). The molecule has 23 heavy (non-hydrogen) atoms. The van der Waals surface area contributed by atoms with Gasteiger partial charge in [-0.15, -0.1) is 0 Å². The van der Waals surface area contributed by atoms with E-state index >= 15 is 0 Å². The third-order valence-corrected chi connectivity index (χ3v) is 4.87. The van der Waals surface area contributed by atoms with E-state index in [9.17, 15) is 18.0 Å². The topological polar surface area (TPSA) is 23.6 Å². The number of alkyl halides is 3. The lowest BCUT2D eigenvalue weighted by Crippen LogP contribution is -2.48. The third kappa shape index (κ3) is 3.31. The Balaban J connectivity index is 1.66. The number of hydrogen-bond acceptors (Lipinski definition) is 2. The maximum Gasteiger partial charge on any atom is 0.393 e. The van der Waals surface area contributed by atoms with Gasteiger partial charge in [0.25, 0.3) is 0 Å². The zero-order chi connectivity index (χ0) is 16.6. The van der Waals surface area contributed by atoms with Gasteiger partial charge in [0.15, 0.2) is 0 Å². The molecule has 0 bridgehead atoms. The van der Waals surface area contributed by atoms with E-state index in [1.807, 2.05) is 29.2 Å². The van der Waals surface area contributed by atoms with Crippen LogP contribution in [0.2, 0.25) is 0 Å². The summed E-state index contributed by atoms with van der Waals surface area (Å²) in [6.45, 7) is 3.22. The average molecular weight is 326 g/mol. The molecular weight excluding hydrogens is 305 g/mol. The predicted octanol–water partition coefficient (Wildman–Crippen LogP) is 3.41. The van der Waals surface area contributed by atoms with Gasteiger partial charge in [0.1, 0.15) is 0 Å². The summed E-state index contributed by atoms with van der Waals surface area (Å²) in [5, 5.41) is 0. The van der Waals surface area contributed by atoms with Crippen molar-refractivity contribution in [1.82, 2.24) is 4.90 Å². The number of likely N-dealkylation sites (tertiary alicyclic amines) is 1. The van der Waals surface area contributed by atoms with E-state index in [1.165, 1.54) is 10.5 Å². The summed E-state index contributed by atoms with van der Waals surface area (Å²) >= 11 is 0. The van der Waals surface area contributed by atoms with Crippen LogP contribution in [0.5, 0.6) is 0 Å². The molecule has 2 aliphatic heterocycles.